The minimum Gasteiger partial charge on any atom is -0.342 e. The number of aromatic nitrogens is 2. The molecule has 1 aromatic heterocycles. The number of piperidine rings is 1. The van der Waals surface area contributed by atoms with Crippen LogP contribution in [0.15, 0.2) is 24.3 Å². The molecule has 2 unspecified atom stereocenters. The van der Waals surface area contributed by atoms with Crippen molar-refractivity contribution in [3.63, 3.8) is 0 Å². The molecule has 2 fully saturated rings. The Hall–Kier alpha value is -2.44. The molecule has 2 heterocycles. The van der Waals surface area contributed by atoms with Gasteiger partial charge in [-0.15, -0.1) is 0 Å². The van der Waals surface area contributed by atoms with Gasteiger partial charge in [-0.3, -0.25) is 14.9 Å². The van der Waals surface area contributed by atoms with Gasteiger partial charge in [-0.1, -0.05) is 12.1 Å². The molecule has 23 heavy (non-hydrogen) atoms. The van der Waals surface area contributed by atoms with Crippen LogP contribution in [0, 0.1) is 16.0 Å². The maximum atomic E-state index is 12.3. The monoisotopic (exact) mass is 314 g/mol. The summed E-state index contributed by atoms with van der Waals surface area (Å²) in [5, 5.41) is 10.7. The second-order valence-corrected chi connectivity index (χ2v) is 6.43. The summed E-state index contributed by atoms with van der Waals surface area (Å²) in [6.07, 6.45) is 2.10. The molecular weight excluding hydrogens is 296 g/mol. The Bertz CT molecular complexity index is 731. The van der Waals surface area contributed by atoms with Gasteiger partial charge in [0.2, 0.25) is 11.9 Å². The fourth-order valence-electron chi connectivity index (χ4n) is 3.45. The van der Waals surface area contributed by atoms with E-state index in [-0.39, 0.29) is 10.8 Å². The van der Waals surface area contributed by atoms with Crippen molar-refractivity contribution in [1.29, 1.82) is 0 Å². The average molecular weight is 314 g/mol. The zero-order chi connectivity index (χ0) is 16.0. The van der Waals surface area contributed by atoms with Gasteiger partial charge < -0.3 is 9.88 Å². The number of hydrogen-bond donors (Lipinski definition) is 1. The summed E-state index contributed by atoms with van der Waals surface area (Å²) in [6.45, 7) is 1.31. The molecule has 7 heteroatoms. The molecule has 1 amide bonds. The number of benzene rings is 1. The lowest BCUT2D eigenvalue weighted by Gasteiger charge is -2.31. The van der Waals surface area contributed by atoms with Crippen molar-refractivity contribution >= 4 is 16.9 Å². The highest BCUT2D eigenvalue weighted by molar-refractivity contribution is 5.82. The standard InChI is InChI=1S/C16H18N4O3/c21-16(11-9-14(11)20(22)23)19-7-5-10(6-8-19)15-17-12-3-1-2-4-13(12)18-15/h1-4,10-11,14H,5-9H2,(H,17,18). The van der Waals surface area contributed by atoms with Gasteiger partial charge >= 0.3 is 0 Å². The maximum Gasteiger partial charge on any atom is 0.232 e. The number of aromatic amines is 1. The number of nitrogens with one attached hydrogen (secondary N) is 1. The van der Waals surface area contributed by atoms with E-state index in [1.807, 2.05) is 24.3 Å². The second-order valence-electron chi connectivity index (χ2n) is 6.43. The summed E-state index contributed by atoms with van der Waals surface area (Å²) >= 11 is 0. The van der Waals surface area contributed by atoms with Crippen LogP contribution in [-0.4, -0.2) is 44.8 Å². The quantitative estimate of drug-likeness (QED) is 0.692. The van der Waals surface area contributed by atoms with E-state index in [2.05, 4.69) is 9.97 Å². The van der Waals surface area contributed by atoms with Crippen LogP contribution in [0.5, 0.6) is 0 Å². The molecule has 1 aliphatic carbocycles. The predicted molar refractivity (Wildman–Crippen MR) is 83.5 cm³/mol. The number of likely N-dealkylation sites (tertiary alicyclic amines) is 1. The largest absolute Gasteiger partial charge is 0.342 e. The van der Waals surface area contributed by atoms with E-state index in [1.54, 1.807) is 4.90 Å². The van der Waals surface area contributed by atoms with E-state index in [4.69, 9.17) is 0 Å². The Morgan fingerprint density at radius 2 is 2.04 bits per heavy atom. The summed E-state index contributed by atoms with van der Waals surface area (Å²) in [5.74, 6) is 0.854. The van der Waals surface area contributed by atoms with E-state index in [0.29, 0.717) is 25.4 Å². The highest BCUT2D eigenvalue weighted by Crippen LogP contribution is 2.36. The third-order valence-electron chi connectivity index (χ3n) is 4.95. The van der Waals surface area contributed by atoms with Gasteiger partial charge in [0.15, 0.2) is 0 Å². The number of amides is 1. The molecule has 1 aromatic carbocycles. The molecule has 4 rings (SSSR count). The number of para-hydroxylation sites is 2. The van der Waals surface area contributed by atoms with Gasteiger partial charge in [0, 0.05) is 30.4 Å². The molecule has 1 saturated carbocycles. The Morgan fingerprint density at radius 1 is 1.30 bits per heavy atom. The van der Waals surface area contributed by atoms with Gasteiger partial charge in [0.1, 0.15) is 11.7 Å². The van der Waals surface area contributed by atoms with Crippen LogP contribution in [0.1, 0.15) is 31.0 Å². The number of H-pyrrole nitrogens is 1. The minimum atomic E-state index is -0.657. The molecule has 0 bridgehead atoms. The van der Waals surface area contributed by atoms with Crippen LogP contribution >= 0.6 is 0 Å². The van der Waals surface area contributed by atoms with Crippen molar-refractivity contribution < 1.29 is 9.72 Å². The first-order valence-corrected chi connectivity index (χ1v) is 8.00. The number of fused-ring (bicyclic) bond motifs is 1. The number of hydrogen-bond acceptors (Lipinski definition) is 4. The van der Waals surface area contributed by atoms with Gasteiger partial charge in [-0.25, -0.2) is 4.98 Å². The molecule has 1 N–H and O–H groups in total. The second kappa shape index (κ2) is 5.33. The van der Waals surface area contributed by atoms with Gasteiger partial charge in [0.25, 0.3) is 0 Å². The van der Waals surface area contributed by atoms with E-state index in [9.17, 15) is 14.9 Å². The molecule has 1 aliphatic heterocycles. The first-order chi connectivity index (χ1) is 11.1. The summed E-state index contributed by atoms with van der Waals surface area (Å²) in [5.41, 5.74) is 2.00. The first-order valence-electron chi connectivity index (χ1n) is 8.00. The van der Waals surface area contributed by atoms with E-state index >= 15 is 0 Å². The van der Waals surface area contributed by atoms with Crippen LogP contribution in [-0.2, 0) is 4.79 Å². The van der Waals surface area contributed by atoms with E-state index in [0.717, 1.165) is 29.7 Å². The maximum absolute atomic E-state index is 12.3. The number of carbonyl (C=O) groups is 1. The van der Waals surface area contributed by atoms with Crippen molar-refractivity contribution in [1.82, 2.24) is 14.9 Å². The zero-order valence-corrected chi connectivity index (χ0v) is 12.6. The smallest absolute Gasteiger partial charge is 0.232 e. The Kier molecular flexibility index (Phi) is 3.28. The van der Waals surface area contributed by atoms with Crippen molar-refractivity contribution in [2.45, 2.75) is 31.2 Å². The van der Waals surface area contributed by atoms with Crippen LogP contribution in [0.2, 0.25) is 0 Å². The number of imidazole rings is 1. The lowest BCUT2D eigenvalue weighted by atomic mass is 9.96. The first kappa shape index (κ1) is 14.2. The fraction of sp³-hybridized carbons (Fsp3) is 0.500. The number of carbonyl (C=O) groups excluding carboxylic acids is 1. The van der Waals surface area contributed by atoms with E-state index in [1.165, 1.54) is 0 Å². The van der Waals surface area contributed by atoms with Crippen molar-refractivity contribution in [3.8, 4) is 0 Å². The molecule has 0 radical (unpaired) electrons. The lowest BCUT2D eigenvalue weighted by molar-refractivity contribution is -0.497. The summed E-state index contributed by atoms with van der Waals surface area (Å²) in [4.78, 5) is 32.4. The van der Waals surface area contributed by atoms with Crippen molar-refractivity contribution in [2.24, 2.45) is 5.92 Å². The van der Waals surface area contributed by atoms with E-state index < -0.39 is 12.0 Å². The van der Waals surface area contributed by atoms with Crippen LogP contribution in [0.4, 0.5) is 0 Å². The molecule has 2 atom stereocenters. The van der Waals surface area contributed by atoms with Crippen molar-refractivity contribution in [3.05, 3.63) is 40.2 Å². The summed E-state index contributed by atoms with van der Waals surface area (Å²) in [6, 6.07) is 7.28. The normalized spacial score (nSPS) is 24.8. The molecule has 7 nitrogen and oxygen atoms in total. The third kappa shape index (κ3) is 2.56. The molecule has 1 saturated heterocycles. The minimum absolute atomic E-state index is 0.0465. The number of nitrogens with zero attached hydrogens (tertiary/aromatic N) is 3. The Labute approximate surface area is 132 Å². The lowest BCUT2D eigenvalue weighted by Crippen LogP contribution is -2.39. The van der Waals surface area contributed by atoms with Gasteiger partial charge in [-0.2, -0.15) is 0 Å². The third-order valence-corrected chi connectivity index (χ3v) is 4.95. The SMILES string of the molecule is O=C(C1CC1[N+](=O)[O-])N1CCC(c2nc3ccccc3[nH]2)CC1. The highest BCUT2D eigenvalue weighted by atomic mass is 16.6. The van der Waals surface area contributed by atoms with Gasteiger partial charge in [0.05, 0.1) is 11.0 Å². The molecule has 2 aliphatic rings. The summed E-state index contributed by atoms with van der Waals surface area (Å²) in [7, 11) is 0. The Balaban J connectivity index is 1.39. The van der Waals surface area contributed by atoms with Crippen LogP contribution in [0.25, 0.3) is 11.0 Å². The average Bonchev–Trinajstić information content (AvgIpc) is 3.26. The molecular formula is C16H18N4O3. The fourth-order valence-corrected chi connectivity index (χ4v) is 3.45. The molecule has 0 spiro atoms. The number of rotatable bonds is 3. The Morgan fingerprint density at radius 3 is 2.70 bits per heavy atom. The van der Waals surface area contributed by atoms with Gasteiger partial charge in [-0.05, 0) is 25.0 Å². The van der Waals surface area contributed by atoms with Crippen LogP contribution in [0.3, 0.4) is 0 Å². The van der Waals surface area contributed by atoms with Crippen LogP contribution < -0.4 is 0 Å². The number of nitro groups is 1. The predicted octanol–water partition coefficient (Wildman–Crippen LogP) is 1.93. The summed E-state index contributed by atoms with van der Waals surface area (Å²) < 4.78 is 0. The molecule has 2 aromatic rings. The highest BCUT2D eigenvalue weighted by Gasteiger charge is 2.54. The zero-order valence-electron chi connectivity index (χ0n) is 12.6. The van der Waals surface area contributed by atoms with Crippen molar-refractivity contribution in [2.75, 3.05) is 13.1 Å². The molecule has 120 valence electrons. The topological polar surface area (TPSA) is 92.1 Å².